The van der Waals surface area contributed by atoms with Crippen molar-refractivity contribution in [2.75, 3.05) is 0 Å². The number of carbonyl (C=O) groups excluding carboxylic acids is 2. The molecule has 1 atom stereocenters. The Kier molecular flexibility index (Phi) is 5.35. The van der Waals surface area contributed by atoms with Crippen molar-refractivity contribution in [3.05, 3.63) is 0 Å². The van der Waals surface area contributed by atoms with E-state index in [1.54, 1.807) is 6.92 Å². The molecule has 0 aromatic rings. The lowest BCUT2D eigenvalue weighted by Gasteiger charge is -2.18. The second-order valence-electron chi connectivity index (χ2n) is 3.93. The largest absolute Gasteiger partial charge is 0.353 e. The van der Waals surface area contributed by atoms with Gasteiger partial charge in [-0.15, -0.1) is 0 Å². The molecule has 0 aliphatic rings. The van der Waals surface area contributed by atoms with Crippen molar-refractivity contribution in [1.29, 1.82) is 0 Å². The lowest BCUT2D eigenvalue weighted by atomic mass is 9.99. The zero-order valence-corrected chi connectivity index (χ0v) is 8.89. The lowest BCUT2D eigenvalue weighted by Crippen LogP contribution is -2.35. The van der Waals surface area contributed by atoms with Crippen molar-refractivity contribution in [2.24, 2.45) is 5.92 Å². The smallest absolute Gasteiger partial charge is 0.217 e. The average Bonchev–Trinajstić information content (AvgIpc) is 1.80. The standard InChI is InChI=1S/C10H19NO2/c1-7(2)5-10(6-8(3)12)11-9(4)13/h7,10H,5-6H2,1-4H3,(H,11,13)/t10-/m1/s1. The van der Waals surface area contributed by atoms with Gasteiger partial charge in [-0.2, -0.15) is 0 Å². The molecule has 0 aliphatic carbocycles. The van der Waals surface area contributed by atoms with Gasteiger partial charge in [0.05, 0.1) is 0 Å². The van der Waals surface area contributed by atoms with Crippen LogP contribution in [0.25, 0.3) is 0 Å². The highest BCUT2D eigenvalue weighted by atomic mass is 16.1. The Bertz CT molecular complexity index is 171. The van der Waals surface area contributed by atoms with E-state index in [2.05, 4.69) is 19.2 Å². The predicted molar refractivity (Wildman–Crippen MR) is 52.4 cm³/mol. The summed E-state index contributed by atoms with van der Waals surface area (Å²) in [4.78, 5) is 21.7. The van der Waals surface area contributed by atoms with Gasteiger partial charge in [0, 0.05) is 19.4 Å². The van der Waals surface area contributed by atoms with E-state index < -0.39 is 0 Å². The van der Waals surface area contributed by atoms with Gasteiger partial charge in [0.25, 0.3) is 0 Å². The molecule has 1 N–H and O–H groups in total. The van der Waals surface area contributed by atoms with E-state index in [-0.39, 0.29) is 17.7 Å². The first kappa shape index (κ1) is 12.1. The fourth-order valence-electron chi connectivity index (χ4n) is 1.40. The van der Waals surface area contributed by atoms with Gasteiger partial charge < -0.3 is 5.32 Å². The fraction of sp³-hybridized carbons (Fsp3) is 0.800. The van der Waals surface area contributed by atoms with Crippen LogP contribution in [0, 0.1) is 5.92 Å². The van der Waals surface area contributed by atoms with Gasteiger partial charge >= 0.3 is 0 Å². The zero-order valence-electron chi connectivity index (χ0n) is 8.89. The van der Waals surface area contributed by atoms with Crippen LogP contribution in [0.2, 0.25) is 0 Å². The average molecular weight is 185 g/mol. The molecular formula is C10H19NO2. The number of hydrogen-bond acceptors (Lipinski definition) is 2. The summed E-state index contributed by atoms with van der Waals surface area (Å²) in [5.74, 6) is 0.558. The molecule has 0 aromatic heterocycles. The summed E-state index contributed by atoms with van der Waals surface area (Å²) >= 11 is 0. The molecule has 3 nitrogen and oxygen atoms in total. The maximum atomic E-state index is 10.9. The van der Waals surface area contributed by atoms with Crippen LogP contribution in [-0.2, 0) is 9.59 Å². The van der Waals surface area contributed by atoms with Crippen molar-refractivity contribution in [1.82, 2.24) is 5.32 Å². The number of ketones is 1. The van der Waals surface area contributed by atoms with Crippen LogP contribution < -0.4 is 5.32 Å². The Hall–Kier alpha value is -0.860. The second-order valence-corrected chi connectivity index (χ2v) is 3.93. The molecule has 0 rings (SSSR count). The maximum absolute atomic E-state index is 10.9. The lowest BCUT2D eigenvalue weighted by molar-refractivity contribution is -0.120. The second kappa shape index (κ2) is 5.73. The predicted octanol–water partition coefficient (Wildman–Crippen LogP) is 1.52. The van der Waals surface area contributed by atoms with Crippen molar-refractivity contribution in [3.8, 4) is 0 Å². The molecule has 0 aromatic carbocycles. The molecule has 0 spiro atoms. The SMILES string of the molecule is CC(=O)C[C@@H](CC(C)C)NC(C)=O. The first-order valence-electron chi connectivity index (χ1n) is 4.68. The molecule has 13 heavy (non-hydrogen) atoms. The van der Waals surface area contributed by atoms with Crippen LogP contribution in [0.3, 0.4) is 0 Å². The summed E-state index contributed by atoms with van der Waals surface area (Å²) in [6.45, 7) is 7.19. The number of Topliss-reactive ketones (excluding diaryl/α,β-unsaturated/α-hetero) is 1. The Morgan fingerprint density at radius 2 is 1.77 bits per heavy atom. The molecular weight excluding hydrogens is 166 g/mol. The normalized spacial score (nSPS) is 12.7. The molecule has 0 radical (unpaired) electrons. The van der Waals surface area contributed by atoms with E-state index in [0.29, 0.717) is 12.3 Å². The third-order valence-electron chi connectivity index (χ3n) is 1.70. The molecule has 0 aliphatic heterocycles. The van der Waals surface area contributed by atoms with Crippen LogP contribution in [-0.4, -0.2) is 17.7 Å². The monoisotopic (exact) mass is 185 g/mol. The minimum Gasteiger partial charge on any atom is -0.353 e. The zero-order chi connectivity index (χ0) is 10.4. The third-order valence-corrected chi connectivity index (χ3v) is 1.70. The topological polar surface area (TPSA) is 46.2 Å². The molecule has 1 amide bonds. The number of carbonyl (C=O) groups is 2. The van der Waals surface area contributed by atoms with E-state index in [1.807, 2.05) is 0 Å². The highest BCUT2D eigenvalue weighted by Crippen LogP contribution is 2.08. The number of rotatable bonds is 5. The minimum absolute atomic E-state index is 0.00926. The van der Waals surface area contributed by atoms with Crippen molar-refractivity contribution >= 4 is 11.7 Å². The van der Waals surface area contributed by atoms with Gasteiger partial charge in [0.15, 0.2) is 0 Å². The molecule has 0 fully saturated rings. The Morgan fingerprint density at radius 1 is 1.23 bits per heavy atom. The summed E-state index contributed by atoms with van der Waals surface area (Å²) in [5, 5.41) is 2.78. The molecule has 0 saturated heterocycles. The summed E-state index contributed by atoms with van der Waals surface area (Å²) in [7, 11) is 0. The van der Waals surface area contributed by atoms with Crippen LogP contribution in [0.4, 0.5) is 0 Å². The summed E-state index contributed by atoms with van der Waals surface area (Å²) in [6, 6.07) is 0.00926. The van der Waals surface area contributed by atoms with Crippen molar-refractivity contribution in [3.63, 3.8) is 0 Å². The molecule has 0 heterocycles. The third kappa shape index (κ3) is 7.50. The quantitative estimate of drug-likeness (QED) is 0.705. The Morgan fingerprint density at radius 3 is 2.08 bits per heavy atom. The van der Waals surface area contributed by atoms with Gasteiger partial charge in [-0.3, -0.25) is 9.59 Å². The van der Waals surface area contributed by atoms with E-state index in [1.165, 1.54) is 6.92 Å². The van der Waals surface area contributed by atoms with Gasteiger partial charge in [0.1, 0.15) is 5.78 Å². The van der Waals surface area contributed by atoms with Gasteiger partial charge in [-0.05, 0) is 19.3 Å². The molecule has 0 bridgehead atoms. The highest BCUT2D eigenvalue weighted by molar-refractivity contribution is 5.78. The van der Waals surface area contributed by atoms with Gasteiger partial charge in [0.2, 0.25) is 5.91 Å². The van der Waals surface area contributed by atoms with Gasteiger partial charge in [-0.1, -0.05) is 13.8 Å². The van der Waals surface area contributed by atoms with E-state index in [9.17, 15) is 9.59 Å². The fourth-order valence-corrected chi connectivity index (χ4v) is 1.40. The number of amides is 1. The molecule has 0 unspecified atom stereocenters. The van der Waals surface area contributed by atoms with Crippen LogP contribution in [0.1, 0.15) is 40.5 Å². The van der Waals surface area contributed by atoms with E-state index in [4.69, 9.17) is 0 Å². The molecule has 0 saturated carbocycles. The van der Waals surface area contributed by atoms with Crippen molar-refractivity contribution in [2.45, 2.75) is 46.6 Å². The van der Waals surface area contributed by atoms with E-state index >= 15 is 0 Å². The summed E-state index contributed by atoms with van der Waals surface area (Å²) < 4.78 is 0. The maximum Gasteiger partial charge on any atom is 0.217 e. The van der Waals surface area contributed by atoms with Crippen molar-refractivity contribution < 1.29 is 9.59 Å². The summed E-state index contributed by atoms with van der Waals surface area (Å²) in [5.41, 5.74) is 0. The number of nitrogens with one attached hydrogen (secondary N) is 1. The minimum atomic E-state index is -0.0631. The van der Waals surface area contributed by atoms with Crippen LogP contribution in [0.15, 0.2) is 0 Å². The van der Waals surface area contributed by atoms with Crippen LogP contribution >= 0.6 is 0 Å². The Balaban J connectivity index is 4.02. The number of hydrogen-bond donors (Lipinski definition) is 1. The highest BCUT2D eigenvalue weighted by Gasteiger charge is 2.13. The summed E-state index contributed by atoms with van der Waals surface area (Å²) in [6.07, 6.45) is 1.30. The van der Waals surface area contributed by atoms with E-state index in [0.717, 1.165) is 6.42 Å². The molecule has 76 valence electrons. The molecule has 3 heteroatoms. The first-order chi connectivity index (χ1) is 5.91. The van der Waals surface area contributed by atoms with Gasteiger partial charge in [-0.25, -0.2) is 0 Å². The first-order valence-corrected chi connectivity index (χ1v) is 4.68. The Labute approximate surface area is 79.9 Å². The van der Waals surface area contributed by atoms with Crippen LogP contribution in [0.5, 0.6) is 0 Å².